The van der Waals surface area contributed by atoms with E-state index in [9.17, 15) is 19.1 Å². The van der Waals surface area contributed by atoms with Gasteiger partial charge in [-0.1, -0.05) is 24.2 Å². The molecule has 1 N–H and O–H groups in total. The summed E-state index contributed by atoms with van der Waals surface area (Å²) in [7, 11) is 0. The van der Waals surface area contributed by atoms with Gasteiger partial charge in [-0.2, -0.15) is 0 Å². The Kier molecular flexibility index (Phi) is 5.76. The lowest BCUT2D eigenvalue weighted by Crippen LogP contribution is -2.57. The second kappa shape index (κ2) is 8.88. The van der Waals surface area contributed by atoms with Crippen LogP contribution in [0.5, 0.6) is 11.5 Å². The Labute approximate surface area is 218 Å². The second-order valence-corrected chi connectivity index (χ2v) is 10.2. The van der Waals surface area contributed by atoms with Crippen molar-refractivity contribution in [3.05, 3.63) is 47.3 Å². The van der Waals surface area contributed by atoms with Crippen molar-refractivity contribution >= 4 is 29.2 Å². The summed E-state index contributed by atoms with van der Waals surface area (Å²) in [5.41, 5.74) is -0.244. The molecule has 1 aliphatic carbocycles. The molecule has 3 fully saturated rings. The van der Waals surface area contributed by atoms with Crippen molar-refractivity contribution in [2.24, 2.45) is 0 Å². The van der Waals surface area contributed by atoms with Gasteiger partial charge in [0.25, 0.3) is 5.91 Å². The molecule has 1 spiro atoms. The Hall–Kier alpha value is -3.37. The van der Waals surface area contributed by atoms with E-state index in [0.717, 1.165) is 12.8 Å². The first-order chi connectivity index (χ1) is 17.8. The fraction of sp³-hybridized carbons (Fsp3) is 0.423. The van der Waals surface area contributed by atoms with Gasteiger partial charge in [0.2, 0.25) is 5.91 Å². The maximum Gasteiger partial charge on any atom is 0.261 e. The molecule has 4 heterocycles. The highest BCUT2D eigenvalue weighted by Gasteiger charge is 2.52. The molecule has 3 aliphatic heterocycles. The van der Waals surface area contributed by atoms with E-state index < -0.39 is 11.9 Å². The van der Waals surface area contributed by atoms with Gasteiger partial charge < -0.3 is 29.3 Å². The van der Waals surface area contributed by atoms with Crippen LogP contribution in [0.3, 0.4) is 0 Å². The van der Waals surface area contributed by atoms with Gasteiger partial charge in [0, 0.05) is 26.2 Å². The number of aromatic hydroxyl groups is 1. The number of halogens is 2. The summed E-state index contributed by atoms with van der Waals surface area (Å²) < 4.78 is 26.9. The molecule has 6 rings (SSSR count). The van der Waals surface area contributed by atoms with Crippen LogP contribution in [-0.4, -0.2) is 89.3 Å². The van der Waals surface area contributed by atoms with E-state index in [4.69, 9.17) is 26.1 Å². The second-order valence-electron chi connectivity index (χ2n) is 9.82. The van der Waals surface area contributed by atoms with Crippen molar-refractivity contribution in [2.75, 3.05) is 50.9 Å². The van der Waals surface area contributed by atoms with Crippen molar-refractivity contribution in [3.63, 3.8) is 0 Å². The highest BCUT2D eigenvalue weighted by atomic mass is 35.5. The molecule has 1 atom stereocenters. The molecule has 194 valence electrons. The first-order valence-corrected chi connectivity index (χ1v) is 12.6. The summed E-state index contributed by atoms with van der Waals surface area (Å²) >= 11 is 6.78. The molecule has 11 heteroatoms. The van der Waals surface area contributed by atoms with Crippen molar-refractivity contribution in [2.45, 2.75) is 24.4 Å². The number of fused-ring (bicyclic) bond motifs is 2. The Morgan fingerprint density at radius 1 is 1.27 bits per heavy atom. The van der Waals surface area contributed by atoms with Gasteiger partial charge in [-0.3, -0.25) is 9.59 Å². The van der Waals surface area contributed by atoms with E-state index in [0.29, 0.717) is 38.7 Å². The summed E-state index contributed by atoms with van der Waals surface area (Å²) in [5.74, 6) is -1.09. The molecule has 4 aliphatic rings. The lowest BCUT2D eigenvalue weighted by Gasteiger charge is -2.40. The van der Waals surface area contributed by atoms with Crippen molar-refractivity contribution < 1.29 is 28.6 Å². The van der Waals surface area contributed by atoms with Gasteiger partial charge in [0.15, 0.2) is 5.75 Å². The van der Waals surface area contributed by atoms with Crippen LogP contribution in [0.4, 0.5) is 10.2 Å². The topological polar surface area (TPSA) is 95.4 Å². The first-order valence-electron chi connectivity index (χ1n) is 12.3. The Morgan fingerprint density at radius 3 is 2.81 bits per heavy atom. The number of phenolic OH excluding ortho intramolecular Hbond substituents is 1. The van der Waals surface area contributed by atoms with Crippen LogP contribution in [0.1, 0.15) is 23.2 Å². The quantitative estimate of drug-likeness (QED) is 0.612. The predicted octanol–water partition coefficient (Wildman–Crippen LogP) is 2.85. The molecule has 9 nitrogen and oxygen atoms in total. The predicted molar refractivity (Wildman–Crippen MR) is 134 cm³/mol. The summed E-state index contributed by atoms with van der Waals surface area (Å²) in [6.07, 6.45) is 2.99. The number of morpholine rings is 1. The van der Waals surface area contributed by atoms with Crippen LogP contribution in [0.25, 0.3) is 11.3 Å². The number of carbonyl (C=O) groups is 2. The zero-order valence-electron chi connectivity index (χ0n) is 20.1. The molecule has 1 saturated carbocycles. The van der Waals surface area contributed by atoms with Crippen LogP contribution in [-0.2, 0) is 9.53 Å². The lowest BCUT2D eigenvalue weighted by molar-refractivity contribution is -0.128. The molecule has 2 saturated heterocycles. The maximum atomic E-state index is 15.0. The van der Waals surface area contributed by atoms with Crippen molar-refractivity contribution in [1.82, 2.24) is 14.8 Å². The van der Waals surface area contributed by atoms with E-state index in [1.165, 1.54) is 24.3 Å². The molecule has 0 bridgehead atoms. The number of aromatic nitrogens is 1. The van der Waals surface area contributed by atoms with Crippen LogP contribution in [0.15, 0.2) is 30.9 Å². The Bertz CT molecular complexity index is 1300. The van der Waals surface area contributed by atoms with Crippen molar-refractivity contribution in [1.29, 1.82) is 0 Å². The lowest BCUT2D eigenvalue weighted by atomic mass is 10.0. The Balaban J connectivity index is 1.52. The molecule has 2 amide bonds. The van der Waals surface area contributed by atoms with E-state index >= 15 is 0 Å². The zero-order chi connectivity index (χ0) is 25.9. The van der Waals surface area contributed by atoms with Gasteiger partial charge in [0.05, 0.1) is 30.4 Å². The average molecular weight is 529 g/mol. The van der Waals surface area contributed by atoms with Crippen LogP contribution in [0.2, 0.25) is 5.02 Å². The third-order valence-corrected chi connectivity index (χ3v) is 8.00. The summed E-state index contributed by atoms with van der Waals surface area (Å²) in [6.45, 7) is 6.03. The Morgan fingerprint density at radius 2 is 2.08 bits per heavy atom. The monoisotopic (exact) mass is 528 g/mol. The zero-order valence-corrected chi connectivity index (χ0v) is 20.8. The number of ether oxygens (including phenoxy) is 2. The highest BCUT2D eigenvalue weighted by Crippen LogP contribution is 2.51. The number of hydrogen-bond donors (Lipinski definition) is 1. The number of phenols is 1. The number of pyridine rings is 1. The number of amides is 2. The molecule has 0 radical (unpaired) electrons. The SMILES string of the molecule is C=CC(=O)N1CCN2C(=O)c3c(N4CCOCC45CC5)nc(-c4c(O)cccc4F)c(Cl)c3OC[C@H]2C1. The van der Waals surface area contributed by atoms with Crippen LogP contribution < -0.4 is 9.64 Å². The van der Waals surface area contributed by atoms with Crippen LogP contribution in [0, 0.1) is 5.82 Å². The molecular weight excluding hydrogens is 503 g/mol. The number of piperazine rings is 1. The molecule has 2 aromatic rings. The fourth-order valence-corrected chi connectivity index (χ4v) is 5.79. The third-order valence-electron chi connectivity index (χ3n) is 7.65. The van der Waals surface area contributed by atoms with Gasteiger partial charge in [0.1, 0.15) is 40.3 Å². The minimum atomic E-state index is -0.695. The third kappa shape index (κ3) is 3.81. The molecule has 1 aromatic heterocycles. The van der Waals surface area contributed by atoms with E-state index in [-0.39, 0.29) is 63.8 Å². The molecular formula is C26H26ClFN4O5. The smallest absolute Gasteiger partial charge is 0.261 e. The highest BCUT2D eigenvalue weighted by molar-refractivity contribution is 6.35. The largest absolute Gasteiger partial charge is 0.507 e. The number of anilines is 1. The number of benzene rings is 1. The average Bonchev–Trinajstić information content (AvgIpc) is 3.68. The summed E-state index contributed by atoms with van der Waals surface area (Å²) in [5, 5.41) is 10.5. The number of carbonyl (C=O) groups excluding carboxylic acids is 2. The van der Waals surface area contributed by atoms with Crippen molar-refractivity contribution in [3.8, 4) is 22.8 Å². The molecule has 37 heavy (non-hydrogen) atoms. The minimum absolute atomic E-state index is 0.00411. The number of nitrogens with zero attached hydrogens (tertiary/aromatic N) is 4. The van der Waals surface area contributed by atoms with E-state index in [2.05, 4.69) is 6.58 Å². The van der Waals surface area contributed by atoms with Crippen LogP contribution >= 0.6 is 11.6 Å². The number of rotatable bonds is 3. The minimum Gasteiger partial charge on any atom is -0.507 e. The van der Waals surface area contributed by atoms with Gasteiger partial charge in [-0.25, -0.2) is 9.37 Å². The standard InChI is InChI=1S/C26H26ClFN4O5/c1-2-18(34)30-8-9-31-15(12-30)13-37-23-20(25(31)35)24(32-10-11-36-14-26(32)6-7-26)29-22(21(23)27)19-16(28)4-3-5-17(19)33/h2-5,15,33H,1,6-14H2/t15-/m1/s1. The molecule has 1 aromatic carbocycles. The summed E-state index contributed by atoms with van der Waals surface area (Å²) in [4.78, 5) is 36.5. The first kappa shape index (κ1) is 24.0. The van der Waals surface area contributed by atoms with Gasteiger partial charge >= 0.3 is 0 Å². The normalized spacial score (nSPS) is 22.2. The van der Waals surface area contributed by atoms with E-state index in [1.54, 1.807) is 9.80 Å². The summed E-state index contributed by atoms with van der Waals surface area (Å²) in [6, 6.07) is 3.55. The maximum absolute atomic E-state index is 15.0. The van der Waals surface area contributed by atoms with Gasteiger partial charge in [-0.05, 0) is 31.1 Å². The van der Waals surface area contributed by atoms with Gasteiger partial charge in [-0.15, -0.1) is 0 Å². The molecule has 0 unspecified atom stereocenters. The van der Waals surface area contributed by atoms with E-state index in [1.807, 2.05) is 4.90 Å². The number of hydrogen-bond acceptors (Lipinski definition) is 7. The fourth-order valence-electron chi connectivity index (χ4n) is 5.51.